The maximum absolute atomic E-state index is 13.0. The Morgan fingerprint density at radius 1 is 0.265 bits per heavy atom. The second-order valence-electron chi connectivity index (χ2n) is 15.4. The van der Waals surface area contributed by atoms with Gasteiger partial charge in [0.25, 0.3) is 0 Å². The lowest BCUT2D eigenvalue weighted by Gasteiger charge is -2.27. The molecule has 68 heavy (non-hydrogen) atoms. The number of benzene rings is 6. The molecule has 8 nitrogen and oxygen atoms in total. The Morgan fingerprint density at radius 2 is 0.471 bits per heavy atom. The first-order valence-corrected chi connectivity index (χ1v) is 21.4. The molecule has 4 unspecified atom stereocenters. The zero-order valence-corrected chi connectivity index (χ0v) is 38.5. The van der Waals surface area contributed by atoms with Crippen LogP contribution in [0.1, 0.15) is 33.4 Å². The van der Waals surface area contributed by atoms with Gasteiger partial charge in [0.05, 0.1) is 14.2 Å². The molecule has 1 aliphatic carbocycles. The van der Waals surface area contributed by atoms with Gasteiger partial charge in [-0.25, -0.2) is 0 Å². The van der Waals surface area contributed by atoms with E-state index in [2.05, 4.69) is 71.0 Å². The summed E-state index contributed by atoms with van der Waals surface area (Å²) >= 11 is 0. The lowest BCUT2D eigenvalue weighted by atomic mass is 9.85. The third kappa shape index (κ3) is 9.91. The lowest BCUT2D eigenvalue weighted by Crippen LogP contribution is -2.32. The van der Waals surface area contributed by atoms with Crippen LogP contribution in [0.4, 0.5) is 0 Å². The summed E-state index contributed by atoms with van der Waals surface area (Å²) in [6.45, 7) is 0. The molecule has 4 atom stereocenters. The number of hydrogen-bond donors (Lipinski definition) is 2. The summed E-state index contributed by atoms with van der Waals surface area (Å²) in [5.41, 5.74) is -8.66. The minimum absolute atomic E-state index is 0.311. The van der Waals surface area contributed by atoms with Crippen LogP contribution in [0.3, 0.4) is 0 Å². The molecule has 6 aromatic carbocycles. The summed E-state index contributed by atoms with van der Waals surface area (Å²) in [4.78, 5) is 0. The smallest absolute Gasteiger partial charge is 0.216 e. The van der Waals surface area contributed by atoms with Gasteiger partial charge < -0.3 is 38.6 Å². The molecule has 336 valence electrons. The van der Waals surface area contributed by atoms with Gasteiger partial charge in [-0.3, -0.25) is 0 Å². The second-order valence-corrected chi connectivity index (χ2v) is 15.4. The summed E-state index contributed by atoms with van der Waals surface area (Å²) in [5.74, 6) is 39.3. The summed E-state index contributed by atoms with van der Waals surface area (Å²) in [7, 11) is 8.98. The minimum atomic E-state index is -2.22. The van der Waals surface area contributed by atoms with Crippen molar-refractivity contribution >= 4 is 0 Å². The van der Waals surface area contributed by atoms with Crippen LogP contribution in [0, 0.1) is 71.0 Å². The predicted molar refractivity (Wildman–Crippen MR) is 261 cm³/mol. The maximum Gasteiger partial charge on any atom is 0.216 e. The van der Waals surface area contributed by atoms with E-state index < -0.39 is 33.6 Å². The van der Waals surface area contributed by atoms with Crippen molar-refractivity contribution in [3.8, 4) is 82.5 Å². The third-order valence-corrected chi connectivity index (χ3v) is 11.5. The SMILES string of the molecule is COc1ccc(C2(O)C#CC(OC)(c3ccccc3)C#CC(OC)(c3ccccc3)C#CC(O)(c3ccc(OC)cc3)C#CC(OC)(c3ccccc3)C#CC(OC)(c3ccccc3)C#C2)cc1. The fourth-order valence-corrected chi connectivity index (χ4v) is 7.35. The number of rotatable bonds is 12. The first kappa shape index (κ1) is 48.0. The van der Waals surface area contributed by atoms with Crippen molar-refractivity contribution < 1.29 is 38.6 Å². The normalized spacial score (nSPS) is 25.1. The highest BCUT2D eigenvalue weighted by atomic mass is 16.5. The van der Waals surface area contributed by atoms with Crippen LogP contribution in [0.25, 0.3) is 0 Å². The van der Waals surface area contributed by atoms with Gasteiger partial charge in [0, 0.05) is 61.8 Å². The molecule has 0 spiro atoms. The van der Waals surface area contributed by atoms with Gasteiger partial charge in [-0.2, -0.15) is 0 Å². The topological polar surface area (TPSA) is 95.8 Å². The molecule has 0 bridgehead atoms. The zero-order valence-electron chi connectivity index (χ0n) is 38.5. The van der Waals surface area contributed by atoms with Crippen LogP contribution in [-0.2, 0) is 52.6 Å². The first-order chi connectivity index (χ1) is 33.0. The number of hydrogen-bond acceptors (Lipinski definition) is 8. The van der Waals surface area contributed by atoms with Gasteiger partial charge in [0.1, 0.15) is 11.5 Å². The van der Waals surface area contributed by atoms with Crippen molar-refractivity contribution in [3.05, 3.63) is 203 Å². The summed E-state index contributed by atoms with van der Waals surface area (Å²) in [6, 6.07) is 50.1. The molecule has 7 rings (SSSR count). The standard InChI is InChI=1S/C60H48O8/c1-63-53-31-27-47(28-32-53)55(61)35-39-57(65-3,49-19-11-7-12-20-49)43-45-59(67-5,51-23-15-9-16-24-51)41-37-56(62,48-29-33-54(64-2)34-30-48)38-42-60(68-6,52-25-17-10-18-26-52)46-44-58(66-4,40-36-55)50-21-13-8-14-22-50/h7-34,61-62H,1-6H3. The van der Waals surface area contributed by atoms with Crippen molar-refractivity contribution in [2.75, 3.05) is 42.7 Å². The highest BCUT2D eigenvalue weighted by Crippen LogP contribution is 2.34. The molecule has 0 fully saturated rings. The van der Waals surface area contributed by atoms with Crippen LogP contribution in [-0.4, -0.2) is 52.9 Å². The number of methoxy groups -OCH3 is 6. The van der Waals surface area contributed by atoms with Crippen LogP contribution in [0.15, 0.2) is 170 Å². The largest absolute Gasteiger partial charge is 0.497 e. The zero-order chi connectivity index (χ0) is 48.1. The molecule has 0 aromatic heterocycles. The quantitative estimate of drug-likeness (QED) is 0.120. The Kier molecular flexibility index (Phi) is 14.6. The van der Waals surface area contributed by atoms with E-state index in [1.54, 1.807) is 62.8 Å². The Bertz CT molecular complexity index is 2720. The van der Waals surface area contributed by atoms with E-state index in [0.717, 1.165) is 0 Å². The number of aliphatic hydroxyl groups is 2. The molecule has 0 saturated carbocycles. The van der Waals surface area contributed by atoms with E-state index in [1.807, 2.05) is 121 Å². The fourth-order valence-electron chi connectivity index (χ4n) is 7.35. The third-order valence-electron chi connectivity index (χ3n) is 11.5. The fraction of sp³-hybridized carbons (Fsp3) is 0.200. The Morgan fingerprint density at radius 3 is 0.662 bits per heavy atom. The molecule has 2 N–H and O–H groups in total. The molecule has 0 heterocycles. The first-order valence-electron chi connectivity index (χ1n) is 21.4. The molecule has 0 amide bonds. The summed E-state index contributed by atoms with van der Waals surface area (Å²) in [6.07, 6.45) is 0. The van der Waals surface area contributed by atoms with Gasteiger partial charge in [-0.05, 0) is 95.3 Å². The van der Waals surface area contributed by atoms with Gasteiger partial charge >= 0.3 is 0 Å². The van der Waals surface area contributed by atoms with Crippen LogP contribution in [0.2, 0.25) is 0 Å². The minimum Gasteiger partial charge on any atom is -0.497 e. The van der Waals surface area contributed by atoms with Crippen LogP contribution >= 0.6 is 0 Å². The maximum atomic E-state index is 13.0. The average molecular weight is 897 g/mol. The Hall–Kier alpha value is -7.96. The lowest BCUT2D eigenvalue weighted by molar-refractivity contribution is 0.0775. The monoisotopic (exact) mass is 896 g/mol. The molecule has 0 radical (unpaired) electrons. The van der Waals surface area contributed by atoms with E-state index >= 15 is 0 Å². The molecule has 8 heteroatoms. The van der Waals surface area contributed by atoms with Crippen molar-refractivity contribution in [1.82, 2.24) is 0 Å². The molecule has 6 aromatic rings. The summed E-state index contributed by atoms with van der Waals surface area (Å²) in [5, 5.41) is 26.0. The van der Waals surface area contributed by atoms with Gasteiger partial charge in [-0.15, -0.1) is 0 Å². The summed E-state index contributed by atoms with van der Waals surface area (Å²) < 4.78 is 36.2. The van der Waals surface area contributed by atoms with Gasteiger partial charge in [0.2, 0.25) is 33.6 Å². The Balaban J connectivity index is 1.67. The molecule has 1 aliphatic rings. The Labute approximate surface area is 399 Å². The molecule has 0 saturated heterocycles. The van der Waals surface area contributed by atoms with Crippen molar-refractivity contribution in [2.24, 2.45) is 0 Å². The van der Waals surface area contributed by atoms with Crippen molar-refractivity contribution in [2.45, 2.75) is 33.6 Å². The van der Waals surface area contributed by atoms with Gasteiger partial charge in [-0.1, -0.05) is 146 Å². The van der Waals surface area contributed by atoms with Crippen molar-refractivity contribution in [1.29, 1.82) is 0 Å². The van der Waals surface area contributed by atoms with Gasteiger partial charge in [0.15, 0.2) is 0 Å². The predicted octanol–water partition coefficient (Wildman–Crippen LogP) is 7.98. The van der Waals surface area contributed by atoms with Crippen LogP contribution in [0.5, 0.6) is 11.5 Å². The molecular formula is C60H48O8. The highest BCUT2D eigenvalue weighted by Gasteiger charge is 2.38. The van der Waals surface area contributed by atoms with E-state index in [4.69, 9.17) is 28.4 Å². The van der Waals surface area contributed by atoms with E-state index in [9.17, 15) is 10.2 Å². The second kappa shape index (κ2) is 20.7. The van der Waals surface area contributed by atoms with E-state index in [-0.39, 0.29) is 0 Å². The van der Waals surface area contributed by atoms with E-state index in [0.29, 0.717) is 44.9 Å². The van der Waals surface area contributed by atoms with E-state index in [1.165, 1.54) is 28.4 Å². The van der Waals surface area contributed by atoms with Crippen LogP contribution < -0.4 is 9.47 Å². The average Bonchev–Trinajstić information content (AvgIpc) is 3.41. The molecule has 0 aliphatic heterocycles. The molecular weight excluding hydrogens is 849 g/mol. The number of ether oxygens (including phenoxy) is 6. The van der Waals surface area contributed by atoms with Crippen molar-refractivity contribution in [3.63, 3.8) is 0 Å². The highest BCUT2D eigenvalue weighted by molar-refractivity contribution is 5.56.